The van der Waals surface area contributed by atoms with E-state index in [0.717, 1.165) is 19.5 Å². The van der Waals surface area contributed by atoms with Crippen LogP contribution in [0.25, 0.3) is 17.7 Å². The van der Waals surface area contributed by atoms with Gasteiger partial charge in [0.05, 0.1) is 0 Å². The third-order valence-electron chi connectivity index (χ3n) is 5.22. The third kappa shape index (κ3) is 2.62. The van der Waals surface area contributed by atoms with Gasteiger partial charge in [0.1, 0.15) is 6.54 Å². The lowest BCUT2D eigenvalue weighted by atomic mass is 9.98. The Kier molecular flexibility index (Phi) is 4.04. The number of rotatable bonds is 3. The summed E-state index contributed by atoms with van der Waals surface area (Å²) in [5, 5.41) is 0. The van der Waals surface area contributed by atoms with E-state index in [1.54, 1.807) is 0 Å². The van der Waals surface area contributed by atoms with Crippen LogP contribution in [-0.2, 0) is 13.0 Å². The highest BCUT2D eigenvalue weighted by Crippen LogP contribution is 2.35. The van der Waals surface area contributed by atoms with Crippen LogP contribution in [0.15, 0.2) is 54.2 Å². The van der Waals surface area contributed by atoms with Crippen LogP contribution < -0.4 is 9.47 Å². The Morgan fingerprint density at radius 2 is 1.96 bits per heavy atom. The van der Waals surface area contributed by atoms with Crippen LogP contribution in [0.1, 0.15) is 43.3 Å². The molecule has 2 heterocycles. The zero-order valence-electron chi connectivity index (χ0n) is 15.3. The number of allylic oxidation sites excluding steroid dienone is 3. The van der Waals surface area contributed by atoms with Crippen molar-refractivity contribution >= 4 is 23.4 Å². The van der Waals surface area contributed by atoms with Crippen molar-refractivity contribution in [1.29, 1.82) is 0 Å². The minimum Gasteiger partial charge on any atom is -0.341 e. The van der Waals surface area contributed by atoms with Gasteiger partial charge in [-0.15, -0.1) is 0 Å². The number of hydrogen-bond donors (Lipinski definition) is 0. The largest absolute Gasteiger partial charge is 0.341 e. The predicted octanol–water partition coefficient (Wildman–Crippen LogP) is 4.85. The van der Waals surface area contributed by atoms with Crippen LogP contribution in [0.3, 0.4) is 0 Å². The molecule has 0 bridgehead atoms. The molecular formula is C23H25N2+. The summed E-state index contributed by atoms with van der Waals surface area (Å²) in [5.41, 5.74) is 9.29. The second-order valence-corrected chi connectivity index (χ2v) is 6.68. The monoisotopic (exact) mass is 329 g/mol. The highest BCUT2D eigenvalue weighted by atomic mass is 15.1. The van der Waals surface area contributed by atoms with Crippen molar-refractivity contribution in [2.24, 2.45) is 0 Å². The molecule has 126 valence electrons. The molecule has 0 saturated heterocycles. The van der Waals surface area contributed by atoms with Crippen molar-refractivity contribution in [3.63, 3.8) is 0 Å². The summed E-state index contributed by atoms with van der Waals surface area (Å²) in [6.07, 6.45) is 10.2. The second kappa shape index (κ2) is 6.36. The normalized spacial score (nSPS) is 16.8. The Bertz CT molecular complexity index is 916. The zero-order chi connectivity index (χ0) is 17.4. The first-order valence-electron chi connectivity index (χ1n) is 9.22. The van der Waals surface area contributed by atoms with E-state index < -0.39 is 0 Å². The van der Waals surface area contributed by atoms with E-state index in [2.05, 4.69) is 90.9 Å². The summed E-state index contributed by atoms with van der Waals surface area (Å²) in [5.74, 6) is 0. The van der Waals surface area contributed by atoms with Crippen LogP contribution >= 0.6 is 0 Å². The Morgan fingerprint density at radius 3 is 2.76 bits per heavy atom. The maximum Gasteiger partial charge on any atom is 0.208 e. The Morgan fingerprint density at radius 1 is 1.12 bits per heavy atom. The van der Waals surface area contributed by atoms with Crippen LogP contribution in [-0.4, -0.2) is 6.54 Å². The van der Waals surface area contributed by atoms with Gasteiger partial charge < -0.3 is 4.90 Å². The number of nitrogens with zero attached hydrogens (tertiary/aromatic N) is 2. The van der Waals surface area contributed by atoms with Crippen LogP contribution in [0.5, 0.6) is 0 Å². The first-order chi connectivity index (χ1) is 12.2. The highest BCUT2D eigenvalue weighted by Gasteiger charge is 2.23. The van der Waals surface area contributed by atoms with Crippen molar-refractivity contribution in [3.8, 4) is 0 Å². The van der Waals surface area contributed by atoms with Gasteiger partial charge in [0.15, 0.2) is 0 Å². The number of aromatic nitrogens is 1. The number of hydrogen-bond acceptors (Lipinski definition) is 1. The molecule has 0 amide bonds. The molecule has 2 heteroatoms. The van der Waals surface area contributed by atoms with E-state index in [-0.39, 0.29) is 0 Å². The molecule has 0 spiro atoms. The molecule has 1 aromatic heterocycles. The number of para-hydroxylation sites is 1. The van der Waals surface area contributed by atoms with Gasteiger partial charge in [-0.3, -0.25) is 0 Å². The summed E-state index contributed by atoms with van der Waals surface area (Å²) in [6.45, 7) is 8.60. The molecule has 2 aliphatic rings. The van der Waals surface area contributed by atoms with E-state index in [1.165, 1.54) is 39.5 Å². The number of pyridine rings is 1. The number of fused-ring (bicyclic) bond motifs is 2. The van der Waals surface area contributed by atoms with E-state index in [1.807, 2.05) is 0 Å². The zero-order valence-corrected chi connectivity index (χ0v) is 15.3. The maximum atomic E-state index is 2.42. The van der Waals surface area contributed by atoms with Gasteiger partial charge in [0, 0.05) is 47.3 Å². The molecule has 1 aliphatic carbocycles. The van der Waals surface area contributed by atoms with E-state index in [4.69, 9.17) is 0 Å². The molecule has 0 atom stereocenters. The first-order valence-corrected chi connectivity index (χ1v) is 9.22. The highest BCUT2D eigenvalue weighted by molar-refractivity contribution is 5.85. The first kappa shape index (κ1) is 15.9. The van der Waals surface area contributed by atoms with Gasteiger partial charge in [-0.25, -0.2) is 0 Å². The standard InChI is InChI=1S/C23H25N2/c1-4-24-19(14-13-18-9-8-12-22(18)24)16-20-15-17(3)21-10-6-7-11-23(21)25(20)5-2/h6-8,10-16H,4-5,9H2,1-3H3/q+1. The molecule has 1 aromatic carbocycles. The van der Waals surface area contributed by atoms with Gasteiger partial charge in [0.2, 0.25) is 11.4 Å². The summed E-state index contributed by atoms with van der Waals surface area (Å²) in [4.78, 5) is 2.41. The second-order valence-electron chi connectivity index (χ2n) is 6.68. The van der Waals surface area contributed by atoms with E-state index >= 15 is 0 Å². The average Bonchev–Trinajstić information content (AvgIpc) is 3.11. The fourth-order valence-corrected chi connectivity index (χ4v) is 4.00. The molecule has 0 fully saturated rings. The lowest BCUT2D eigenvalue weighted by molar-refractivity contribution is -0.697. The summed E-state index contributed by atoms with van der Waals surface area (Å²) in [7, 11) is 0. The summed E-state index contributed by atoms with van der Waals surface area (Å²) < 4.78 is 2.42. The average molecular weight is 329 g/mol. The molecule has 1 aliphatic heterocycles. The van der Waals surface area contributed by atoms with Crippen LogP contribution in [0, 0.1) is 0 Å². The fraction of sp³-hybridized carbons (Fsp3) is 0.261. The molecule has 0 radical (unpaired) electrons. The summed E-state index contributed by atoms with van der Waals surface area (Å²) in [6, 6.07) is 13.2. The van der Waals surface area contributed by atoms with Gasteiger partial charge in [-0.05, 0) is 51.0 Å². The van der Waals surface area contributed by atoms with Crippen molar-refractivity contribution in [1.82, 2.24) is 0 Å². The quantitative estimate of drug-likeness (QED) is 0.730. The van der Waals surface area contributed by atoms with Crippen LogP contribution in [0.4, 0.5) is 5.69 Å². The Labute approximate surface area is 150 Å². The van der Waals surface area contributed by atoms with Gasteiger partial charge in [0.25, 0.3) is 0 Å². The molecule has 25 heavy (non-hydrogen) atoms. The van der Waals surface area contributed by atoms with E-state index in [9.17, 15) is 0 Å². The van der Waals surface area contributed by atoms with Gasteiger partial charge >= 0.3 is 0 Å². The minimum atomic E-state index is 0.962. The molecule has 0 saturated carbocycles. The minimum absolute atomic E-state index is 0.962. The molecule has 2 nitrogen and oxygen atoms in total. The van der Waals surface area contributed by atoms with Gasteiger partial charge in [-0.1, -0.05) is 24.3 Å². The molecule has 2 aromatic rings. The lowest BCUT2D eigenvalue weighted by Crippen LogP contribution is -2.40. The van der Waals surface area contributed by atoms with Crippen molar-refractivity contribution < 1.29 is 4.57 Å². The predicted molar refractivity (Wildman–Crippen MR) is 106 cm³/mol. The smallest absolute Gasteiger partial charge is 0.208 e. The van der Waals surface area contributed by atoms with Crippen molar-refractivity contribution in [3.05, 3.63) is 76.8 Å². The Hall–Kier alpha value is -2.61. The van der Waals surface area contributed by atoms with Crippen molar-refractivity contribution in [2.45, 2.75) is 33.7 Å². The lowest BCUT2D eigenvalue weighted by Gasteiger charge is -2.31. The van der Waals surface area contributed by atoms with E-state index in [0.29, 0.717) is 0 Å². The summed E-state index contributed by atoms with van der Waals surface area (Å²) >= 11 is 0. The SMILES string of the molecule is CCN1/C(=C/c2ccc3c([n+]2CC)C=CC3)C=C(C)c2ccccc21. The third-order valence-corrected chi connectivity index (χ3v) is 5.22. The number of anilines is 1. The number of benzene rings is 1. The molecule has 0 unspecified atom stereocenters. The van der Waals surface area contributed by atoms with Crippen molar-refractivity contribution in [2.75, 3.05) is 11.4 Å². The van der Waals surface area contributed by atoms with Crippen LogP contribution in [0.2, 0.25) is 0 Å². The Balaban J connectivity index is 1.85. The maximum absolute atomic E-state index is 2.42. The van der Waals surface area contributed by atoms with Gasteiger partial charge in [-0.2, -0.15) is 4.57 Å². The topological polar surface area (TPSA) is 7.12 Å². The number of likely N-dealkylation sites (N-methyl/N-ethyl adjacent to an activating group) is 1. The molecular weight excluding hydrogens is 304 g/mol. The molecule has 4 rings (SSSR count). The fourth-order valence-electron chi connectivity index (χ4n) is 4.00. The molecule has 0 N–H and O–H groups in total.